The fourth-order valence-corrected chi connectivity index (χ4v) is 2.76. The van der Waals surface area contributed by atoms with E-state index in [9.17, 15) is 0 Å². The van der Waals surface area contributed by atoms with E-state index in [1.165, 1.54) is 0 Å². The van der Waals surface area contributed by atoms with Crippen LogP contribution in [0.25, 0.3) is 0 Å². The molecule has 0 aliphatic carbocycles. The van der Waals surface area contributed by atoms with Gasteiger partial charge in [-0.2, -0.15) is 0 Å². The van der Waals surface area contributed by atoms with Crippen molar-refractivity contribution in [1.29, 1.82) is 0 Å². The summed E-state index contributed by atoms with van der Waals surface area (Å²) in [5.74, 6) is 1.01. The molecule has 1 aliphatic heterocycles. The third kappa shape index (κ3) is 1.56. The molecule has 60 valence electrons. The zero-order valence-corrected chi connectivity index (χ0v) is 8.28. The Kier molecular flexibility index (Phi) is 2.23. The second-order valence-corrected chi connectivity index (χ2v) is 4.69. The monoisotopic (exact) mass is 194 g/mol. The summed E-state index contributed by atoms with van der Waals surface area (Å²) in [4.78, 5) is 8.65. The lowest BCUT2D eigenvalue weighted by Crippen LogP contribution is -2.04. The summed E-state index contributed by atoms with van der Waals surface area (Å²) >= 11 is 3.38. The van der Waals surface area contributed by atoms with Crippen molar-refractivity contribution in [1.82, 2.24) is 4.98 Å². The van der Waals surface area contributed by atoms with Gasteiger partial charge in [0.15, 0.2) is 0 Å². The van der Waals surface area contributed by atoms with Gasteiger partial charge < -0.3 is 0 Å². The first kappa shape index (κ1) is 8.32. The van der Waals surface area contributed by atoms with Crippen LogP contribution in [-0.4, -0.2) is 23.6 Å². The molecule has 0 fully saturated rings. The first-order valence-corrected chi connectivity index (χ1v) is 5.50. The van der Waals surface area contributed by atoms with Crippen molar-refractivity contribution in [2.24, 2.45) is 4.99 Å². The molecule has 2 heterocycles. The van der Waals surface area contributed by atoms with Gasteiger partial charge in [0, 0.05) is 11.1 Å². The van der Waals surface area contributed by atoms with Crippen LogP contribution >= 0.6 is 23.1 Å². The Hall–Kier alpha value is -0.285. The number of nitrogens with zero attached hydrogens (tertiary/aromatic N) is 2. The molecule has 1 unspecified atom stereocenters. The van der Waals surface area contributed by atoms with E-state index < -0.39 is 0 Å². The smallest absolute Gasteiger partial charge is 0.142 e. The predicted octanol–water partition coefficient (Wildman–Crippen LogP) is 1.14. The lowest BCUT2D eigenvalue weighted by Gasteiger charge is -1.98. The van der Waals surface area contributed by atoms with Crippen LogP contribution < -0.4 is 5.59 Å². The summed E-state index contributed by atoms with van der Waals surface area (Å²) < 4.78 is 0. The highest BCUT2D eigenvalue weighted by atomic mass is 32.2. The zero-order valence-electron chi connectivity index (χ0n) is 6.65. The first-order valence-electron chi connectivity index (χ1n) is 3.64. The second kappa shape index (κ2) is 3.22. The molecule has 0 saturated heterocycles. The molecule has 5 heteroatoms. The van der Waals surface area contributed by atoms with Gasteiger partial charge in [-0.15, -0.1) is 23.1 Å². The fourth-order valence-electron chi connectivity index (χ4n) is 1.07. The molecular weight excluding hydrogens is 187 g/mol. The van der Waals surface area contributed by atoms with Crippen molar-refractivity contribution >= 4 is 41.6 Å². The number of rotatable bonds is 1. The van der Waals surface area contributed by atoms with Crippen LogP contribution in [-0.2, 0) is 0 Å². The van der Waals surface area contributed by atoms with Crippen LogP contribution in [0.4, 0.5) is 0 Å². The molecule has 12 heavy (non-hydrogen) atoms. The van der Waals surface area contributed by atoms with Gasteiger partial charge in [-0.25, -0.2) is 0 Å². The fraction of sp³-hybridized carbons (Fsp3) is 0.429. The number of aliphatic imine (C=N–C) groups is 1. The second-order valence-electron chi connectivity index (χ2n) is 2.59. The Balaban J connectivity index is 2.21. The Morgan fingerprint density at radius 2 is 2.50 bits per heavy atom. The summed E-state index contributed by atoms with van der Waals surface area (Å²) in [6.45, 7) is 2.03. The molecule has 1 aromatic heterocycles. The normalized spacial score (nSPS) is 22.8. The number of hydrogen-bond donors (Lipinski definition) is 0. The molecular formula is C7H7BN2S2. The van der Waals surface area contributed by atoms with Gasteiger partial charge in [-0.05, 0) is 12.5 Å². The van der Waals surface area contributed by atoms with Crippen LogP contribution in [0.1, 0.15) is 18.0 Å². The van der Waals surface area contributed by atoms with E-state index in [1.807, 2.05) is 12.3 Å². The molecule has 0 aromatic carbocycles. The summed E-state index contributed by atoms with van der Waals surface area (Å²) in [5.41, 5.74) is 0.611. The topological polar surface area (TPSA) is 25.2 Å². The van der Waals surface area contributed by atoms with E-state index in [0.717, 1.165) is 15.8 Å². The standard InChI is InChI=1S/C7H7BN2S2/c1-4-9-5(2-11-4)7-10-6(8)3-12-7/h3,5H,2H2,1H3. The van der Waals surface area contributed by atoms with Crippen molar-refractivity contribution < 1.29 is 0 Å². The Labute approximate surface area is 80.9 Å². The van der Waals surface area contributed by atoms with E-state index >= 15 is 0 Å². The van der Waals surface area contributed by atoms with E-state index in [0.29, 0.717) is 5.59 Å². The minimum Gasteiger partial charge on any atom is -0.272 e. The van der Waals surface area contributed by atoms with Gasteiger partial charge in [0.05, 0.1) is 5.04 Å². The third-order valence-corrected chi connectivity index (χ3v) is 3.58. The van der Waals surface area contributed by atoms with E-state index in [-0.39, 0.29) is 6.04 Å². The van der Waals surface area contributed by atoms with Crippen LogP contribution in [0.5, 0.6) is 0 Å². The number of thioether (sulfide) groups is 1. The van der Waals surface area contributed by atoms with Crippen LogP contribution in [0.2, 0.25) is 0 Å². The predicted molar refractivity (Wildman–Crippen MR) is 55.8 cm³/mol. The van der Waals surface area contributed by atoms with Gasteiger partial charge in [0.25, 0.3) is 0 Å². The summed E-state index contributed by atoms with van der Waals surface area (Å²) in [5, 5.41) is 4.05. The quantitative estimate of drug-likeness (QED) is 0.626. The van der Waals surface area contributed by atoms with Crippen LogP contribution in [0.15, 0.2) is 10.4 Å². The number of thiazole rings is 1. The molecule has 0 bridgehead atoms. The molecule has 0 N–H and O–H groups in total. The number of aromatic nitrogens is 1. The highest BCUT2D eigenvalue weighted by molar-refractivity contribution is 8.14. The molecule has 0 amide bonds. The van der Waals surface area contributed by atoms with Crippen molar-refractivity contribution in [2.75, 3.05) is 5.75 Å². The maximum atomic E-state index is 5.52. The van der Waals surface area contributed by atoms with Crippen molar-refractivity contribution in [3.63, 3.8) is 0 Å². The molecule has 2 radical (unpaired) electrons. The highest BCUT2D eigenvalue weighted by Crippen LogP contribution is 2.30. The number of hydrogen-bond acceptors (Lipinski definition) is 4. The lowest BCUT2D eigenvalue weighted by atomic mass is 10.1. The van der Waals surface area contributed by atoms with Gasteiger partial charge in [-0.3, -0.25) is 9.98 Å². The van der Waals surface area contributed by atoms with Crippen molar-refractivity contribution in [2.45, 2.75) is 13.0 Å². The molecule has 0 saturated carbocycles. The molecule has 0 spiro atoms. The summed E-state index contributed by atoms with van der Waals surface area (Å²) in [6.07, 6.45) is 0. The molecule has 2 nitrogen and oxygen atoms in total. The van der Waals surface area contributed by atoms with Crippen LogP contribution in [0.3, 0.4) is 0 Å². The summed E-state index contributed by atoms with van der Waals surface area (Å²) in [6, 6.07) is 0.247. The zero-order chi connectivity index (χ0) is 8.55. The van der Waals surface area contributed by atoms with E-state index in [1.54, 1.807) is 23.1 Å². The first-order chi connectivity index (χ1) is 5.75. The van der Waals surface area contributed by atoms with Crippen molar-refractivity contribution in [3.8, 4) is 0 Å². The minimum absolute atomic E-state index is 0.247. The minimum atomic E-state index is 0.247. The van der Waals surface area contributed by atoms with E-state index in [4.69, 9.17) is 7.85 Å². The van der Waals surface area contributed by atoms with Crippen LogP contribution in [0, 0.1) is 0 Å². The van der Waals surface area contributed by atoms with E-state index in [2.05, 4.69) is 9.98 Å². The van der Waals surface area contributed by atoms with Crippen molar-refractivity contribution in [3.05, 3.63) is 10.4 Å². The molecule has 2 rings (SSSR count). The highest BCUT2D eigenvalue weighted by Gasteiger charge is 2.19. The molecule has 1 aromatic rings. The Bertz CT molecular complexity index is 321. The summed E-state index contributed by atoms with van der Waals surface area (Å²) in [7, 11) is 5.52. The SMILES string of the molecule is [B]c1csc(C2CSC(C)=N2)n1. The maximum absolute atomic E-state index is 5.52. The van der Waals surface area contributed by atoms with Gasteiger partial charge in [-0.1, -0.05) is 0 Å². The lowest BCUT2D eigenvalue weighted by molar-refractivity contribution is 0.839. The van der Waals surface area contributed by atoms with Gasteiger partial charge in [0.1, 0.15) is 18.9 Å². The third-order valence-electron chi connectivity index (χ3n) is 1.61. The maximum Gasteiger partial charge on any atom is 0.142 e. The van der Waals surface area contributed by atoms with Gasteiger partial charge in [0.2, 0.25) is 0 Å². The largest absolute Gasteiger partial charge is 0.272 e. The average molecular weight is 194 g/mol. The van der Waals surface area contributed by atoms with Gasteiger partial charge >= 0.3 is 0 Å². The Morgan fingerprint density at radius 1 is 1.67 bits per heavy atom. The molecule has 1 aliphatic rings. The Morgan fingerprint density at radius 3 is 3.00 bits per heavy atom. The average Bonchev–Trinajstić information content (AvgIpc) is 2.58. The molecule has 1 atom stereocenters.